The molecule has 0 radical (unpaired) electrons. The molecule has 24 heavy (non-hydrogen) atoms. The van der Waals surface area contributed by atoms with Crippen molar-refractivity contribution >= 4 is 66.2 Å². The zero-order valence-corrected chi connectivity index (χ0v) is 16.9. The number of primary amides is 1. The fourth-order valence-electron chi connectivity index (χ4n) is 2.12. The number of nitrogens with two attached hydrogens (primary N) is 1. The van der Waals surface area contributed by atoms with Crippen molar-refractivity contribution < 1.29 is 4.79 Å². The van der Waals surface area contributed by atoms with Crippen molar-refractivity contribution in [2.24, 2.45) is 5.73 Å². The average Bonchev–Trinajstić information content (AvgIpc) is 3.10. The van der Waals surface area contributed by atoms with E-state index < -0.39 is 5.91 Å². The summed E-state index contributed by atoms with van der Waals surface area (Å²) in [7, 11) is 0. The van der Waals surface area contributed by atoms with E-state index in [9.17, 15) is 4.79 Å². The van der Waals surface area contributed by atoms with E-state index in [1.807, 2.05) is 6.07 Å². The van der Waals surface area contributed by atoms with Crippen LogP contribution in [0.3, 0.4) is 0 Å². The molecule has 3 heterocycles. The molecule has 0 aliphatic heterocycles. The molecule has 0 fully saturated rings. The Kier molecular flexibility index (Phi) is 4.70. The van der Waals surface area contributed by atoms with Crippen LogP contribution < -0.4 is 11.1 Å². The molecule has 0 saturated carbocycles. The van der Waals surface area contributed by atoms with Crippen molar-refractivity contribution in [3.05, 3.63) is 26.3 Å². The molecule has 126 valence electrons. The van der Waals surface area contributed by atoms with Crippen LogP contribution in [0.4, 0.5) is 11.5 Å². The molecule has 0 aromatic carbocycles. The van der Waals surface area contributed by atoms with Crippen molar-refractivity contribution in [2.75, 3.05) is 5.32 Å². The first-order valence-electron chi connectivity index (χ1n) is 7.22. The second kappa shape index (κ2) is 6.48. The van der Waals surface area contributed by atoms with Gasteiger partial charge >= 0.3 is 155 Å². The third kappa shape index (κ3) is 3.35. The molecule has 3 rings (SSSR count). The van der Waals surface area contributed by atoms with Gasteiger partial charge in [-0.25, -0.2) is 0 Å². The summed E-state index contributed by atoms with van der Waals surface area (Å²) in [6, 6.07) is 2.02. The predicted molar refractivity (Wildman–Crippen MR) is 102 cm³/mol. The third-order valence-corrected chi connectivity index (χ3v) is 8.19. The van der Waals surface area contributed by atoms with Gasteiger partial charge in [0.1, 0.15) is 0 Å². The number of hydrogen-bond donors (Lipinski definition) is 3. The molecule has 9 heteroatoms. The average molecular weight is 426 g/mol. The summed E-state index contributed by atoms with van der Waals surface area (Å²) < 4.78 is 2.71. The summed E-state index contributed by atoms with van der Waals surface area (Å²) >= 11 is 5.67. The van der Waals surface area contributed by atoms with Crippen molar-refractivity contribution in [3.63, 3.8) is 0 Å². The summed E-state index contributed by atoms with van der Waals surface area (Å²) in [6.45, 7) is 6.40. The fraction of sp³-hybridized carbons (Fsp3) is 0.333. The number of carbonyl (C=O) groups is 1. The molecule has 3 aromatic rings. The van der Waals surface area contributed by atoms with E-state index in [0.717, 1.165) is 15.4 Å². The first-order chi connectivity index (χ1) is 11.3. The number of aromatic nitrogens is 3. The molecule has 3 N–H and O–H groups in total. The van der Waals surface area contributed by atoms with Gasteiger partial charge in [-0.05, 0) is 0 Å². The molecule has 0 saturated heterocycles. The molecule has 6 nitrogen and oxygen atoms in total. The normalized spacial score (nSPS) is 11.8. The Morgan fingerprint density at radius 1 is 1.42 bits per heavy atom. The van der Waals surface area contributed by atoms with Gasteiger partial charge in [0, 0.05) is 0 Å². The Hall–Kier alpha value is -1.41. The van der Waals surface area contributed by atoms with Crippen LogP contribution in [-0.4, -0.2) is 35.4 Å². The minimum absolute atomic E-state index is 0.00515. The summed E-state index contributed by atoms with van der Waals surface area (Å²) in [5.41, 5.74) is 6.93. The monoisotopic (exact) mass is 427 g/mol. The van der Waals surface area contributed by atoms with Gasteiger partial charge in [0.15, 0.2) is 0 Å². The molecule has 0 spiro atoms. The van der Waals surface area contributed by atoms with Gasteiger partial charge in [0.25, 0.3) is 0 Å². The quantitative estimate of drug-likeness (QED) is 0.441. The molecule has 0 bridgehead atoms. The zero-order valence-electron chi connectivity index (χ0n) is 13.5. The van der Waals surface area contributed by atoms with Crippen LogP contribution in [0.5, 0.6) is 0 Å². The topological polar surface area (TPSA) is 93.8 Å². The number of amides is 1. The van der Waals surface area contributed by atoms with Crippen LogP contribution in [0.1, 0.15) is 39.4 Å². The molecular weight excluding hydrogens is 409 g/mol. The number of nitrogens with one attached hydrogen (secondary N) is 1. The summed E-state index contributed by atoms with van der Waals surface area (Å²) in [5.74, 6) is 0.799. The van der Waals surface area contributed by atoms with E-state index in [2.05, 4.69) is 53.7 Å². The van der Waals surface area contributed by atoms with E-state index in [4.69, 9.17) is 5.73 Å². The Bertz CT molecular complexity index is 912. The van der Waals surface area contributed by atoms with Gasteiger partial charge in [-0.1, -0.05) is 0 Å². The van der Waals surface area contributed by atoms with E-state index in [1.54, 1.807) is 0 Å². The number of rotatable bonds is 4. The van der Waals surface area contributed by atoms with E-state index in [-0.39, 0.29) is 19.9 Å². The van der Waals surface area contributed by atoms with Gasteiger partial charge in [0.05, 0.1) is 0 Å². The Balaban J connectivity index is 2.06. The molecule has 3 aromatic heterocycles. The summed E-state index contributed by atoms with van der Waals surface area (Å²) in [5, 5.41) is 4.14. The van der Waals surface area contributed by atoms with Crippen molar-refractivity contribution in [1.29, 1.82) is 0 Å². The van der Waals surface area contributed by atoms with Crippen LogP contribution in [0, 0.1) is 0 Å². The van der Waals surface area contributed by atoms with E-state index >= 15 is 0 Å². The Labute approximate surface area is 155 Å². The van der Waals surface area contributed by atoms with E-state index in [1.165, 1.54) is 22.1 Å². The van der Waals surface area contributed by atoms with Crippen LogP contribution >= 0.6 is 24.0 Å². The second-order valence-corrected chi connectivity index (χ2v) is 9.84. The molecule has 1 amide bonds. The Morgan fingerprint density at radius 2 is 2.17 bits per heavy atom. The summed E-state index contributed by atoms with van der Waals surface area (Å²) in [4.78, 5) is 24.8. The number of carbonyl (C=O) groups excluding carboxylic acids is 1. The number of nitrogens with zero attached hydrogens (tertiary/aromatic N) is 3. The molecule has 0 atom stereocenters. The van der Waals surface area contributed by atoms with E-state index in [0.29, 0.717) is 21.7 Å². The van der Waals surface area contributed by atoms with Crippen LogP contribution in [0.25, 0.3) is 10.3 Å². The van der Waals surface area contributed by atoms with Gasteiger partial charge in [-0.3, -0.25) is 0 Å². The number of anilines is 2. The first-order valence-corrected chi connectivity index (χ1v) is 10.4. The maximum atomic E-state index is 11.8. The van der Waals surface area contributed by atoms with Crippen molar-refractivity contribution in [3.8, 4) is 0 Å². The summed E-state index contributed by atoms with van der Waals surface area (Å²) in [6.07, 6.45) is 1.46. The standard InChI is InChI=1S/C15H17N5OS2Se/c1-15(2,3)8-4-7(11(24-8)12(16)21)19-13-10-14(18-6-17-13)20-9(5-22)23-10/h4,6,22H,5H2,1-3H3,(H2,16,21)(H,17,18,19). The third-order valence-electron chi connectivity index (χ3n) is 3.32. The van der Waals surface area contributed by atoms with Crippen LogP contribution in [0.2, 0.25) is 0 Å². The number of fused-ring (bicyclic) bond motifs is 1. The number of thiazole rings is 1. The van der Waals surface area contributed by atoms with Gasteiger partial charge in [-0.15, -0.1) is 0 Å². The second-order valence-electron chi connectivity index (χ2n) is 6.23. The zero-order chi connectivity index (χ0) is 17.5. The minimum atomic E-state index is -0.390. The van der Waals surface area contributed by atoms with Gasteiger partial charge in [0.2, 0.25) is 0 Å². The molecule has 0 aliphatic carbocycles. The Morgan fingerprint density at radius 3 is 2.79 bits per heavy atom. The van der Waals surface area contributed by atoms with Crippen LogP contribution in [-0.2, 0) is 11.2 Å². The van der Waals surface area contributed by atoms with Crippen molar-refractivity contribution in [1.82, 2.24) is 15.0 Å². The predicted octanol–water partition coefficient (Wildman–Crippen LogP) is 2.71. The fourth-order valence-corrected chi connectivity index (χ4v) is 5.35. The molecule has 0 aliphatic rings. The first kappa shape index (κ1) is 17.4. The number of thiol groups is 1. The SMILES string of the molecule is CC(C)(C)c1cc(Nc2ncnc3nc(CS)sc23)c(C(N)=O)[se]1. The number of hydrogen-bond acceptors (Lipinski definition) is 7. The molecule has 0 unspecified atom stereocenters. The molecular formula is C15H17N5OS2Se. The van der Waals surface area contributed by atoms with Crippen LogP contribution in [0.15, 0.2) is 12.4 Å². The maximum absolute atomic E-state index is 11.8. The van der Waals surface area contributed by atoms with Gasteiger partial charge in [-0.2, -0.15) is 0 Å². The van der Waals surface area contributed by atoms with Crippen molar-refractivity contribution in [2.45, 2.75) is 31.9 Å². The van der Waals surface area contributed by atoms with Gasteiger partial charge < -0.3 is 0 Å².